The number of hydrogen-bond donors (Lipinski definition) is 1. The number of carbonyl (C=O) groups is 1. The van der Waals surface area contributed by atoms with E-state index in [1.54, 1.807) is 0 Å². The van der Waals surface area contributed by atoms with E-state index in [9.17, 15) is 4.79 Å². The highest BCUT2D eigenvalue weighted by Crippen LogP contribution is 2.40. The summed E-state index contributed by atoms with van der Waals surface area (Å²) in [7, 11) is 0. The van der Waals surface area contributed by atoms with Gasteiger partial charge >= 0.3 is 6.09 Å². The van der Waals surface area contributed by atoms with Gasteiger partial charge in [-0.3, -0.25) is 4.90 Å². The summed E-state index contributed by atoms with van der Waals surface area (Å²) in [5.74, 6) is -0.884. The third-order valence-electron chi connectivity index (χ3n) is 6.74. The van der Waals surface area contributed by atoms with Gasteiger partial charge in [-0.25, -0.2) is 4.79 Å². The predicted molar refractivity (Wildman–Crippen MR) is 164 cm³/mol. The first-order valence-corrected chi connectivity index (χ1v) is 16.1. The second-order valence-corrected chi connectivity index (χ2v) is 12.3. The van der Waals surface area contributed by atoms with Crippen molar-refractivity contribution >= 4 is 6.09 Å². The number of amides is 1. The minimum Gasteiger partial charge on any atom is -0.444 e. The summed E-state index contributed by atoms with van der Waals surface area (Å²) in [5, 5.41) is 11.6. The first kappa shape index (κ1) is 39.5. The van der Waals surface area contributed by atoms with Crippen LogP contribution in [0.2, 0.25) is 0 Å². The molecule has 3 heterocycles. The molecule has 0 radical (unpaired) electrons. The molecule has 2 bridgehead atoms. The molecule has 45 heavy (non-hydrogen) atoms. The normalized spacial score (nSPS) is 21.2. The van der Waals surface area contributed by atoms with Crippen LogP contribution in [0.25, 0.3) is 0 Å². The Bertz CT molecular complexity index is 797. The maximum atomic E-state index is 11.5. The lowest BCUT2D eigenvalue weighted by Gasteiger charge is -2.50. The molecule has 0 aromatic rings. The van der Waals surface area contributed by atoms with Crippen molar-refractivity contribution in [2.24, 2.45) is 5.41 Å². The summed E-state index contributed by atoms with van der Waals surface area (Å²) < 4.78 is 56.0. The molecule has 3 aliphatic rings. The van der Waals surface area contributed by atoms with E-state index in [4.69, 9.17) is 52.6 Å². The molecule has 3 saturated heterocycles. The van der Waals surface area contributed by atoms with Crippen molar-refractivity contribution in [3.8, 4) is 6.07 Å². The molecule has 0 aromatic heterocycles. The second kappa shape index (κ2) is 22.8. The zero-order valence-electron chi connectivity index (χ0n) is 27.9. The molecule has 0 unspecified atom stereocenters. The van der Waals surface area contributed by atoms with Crippen LogP contribution in [0, 0.1) is 16.7 Å². The highest BCUT2D eigenvalue weighted by atomic mass is 16.9. The Labute approximate surface area is 269 Å². The van der Waals surface area contributed by atoms with E-state index >= 15 is 0 Å². The van der Waals surface area contributed by atoms with Crippen LogP contribution >= 0.6 is 0 Å². The van der Waals surface area contributed by atoms with E-state index in [0.717, 1.165) is 6.42 Å². The number of carbonyl (C=O) groups excluding carboxylic acids is 1. The number of nitrogens with zero attached hydrogens (tertiary/aromatic N) is 2. The predicted octanol–water partition coefficient (Wildman–Crippen LogP) is 2.34. The first-order chi connectivity index (χ1) is 21.7. The van der Waals surface area contributed by atoms with Crippen molar-refractivity contribution in [2.75, 3.05) is 125 Å². The van der Waals surface area contributed by atoms with Crippen LogP contribution in [0.1, 0.15) is 47.0 Å². The third kappa shape index (κ3) is 19.6. The summed E-state index contributed by atoms with van der Waals surface area (Å²) in [6, 6.07) is 2.19. The van der Waals surface area contributed by atoms with Gasteiger partial charge in [0, 0.05) is 51.0 Å². The summed E-state index contributed by atoms with van der Waals surface area (Å²) >= 11 is 0. The largest absolute Gasteiger partial charge is 0.444 e. The Morgan fingerprint density at radius 2 is 1.22 bits per heavy atom. The Balaban J connectivity index is 1.33. The topological polar surface area (TPSA) is 148 Å². The minimum absolute atomic E-state index is 0.0207. The molecule has 0 spiro atoms. The Morgan fingerprint density at radius 1 is 0.756 bits per heavy atom. The molecule has 0 atom stereocenters. The maximum absolute atomic E-state index is 11.5. The van der Waals surface area contributed by atoms with Gasteiger partial charge in [-0.1, -0.05) is 6.92 Å². The monoisotopic (exact) mass is 647 g/mol. The minimum atomic E-state index is -0.884. The highest BCUT2D eigenvalue weighted by Gasteiger charge is 2.49. The molecule has 14 heteroatoms. The quantitative estimate of drug-likeness (QED) is 0.130. The van der Waals surface area contributed by atoms with E-state index in [1.807, 2.05) is 20.8 Å². The molecule has 14 nitrogen and oxygen atoms in total. The zero-order chi connectivity index (χ0) is 32.7. The number of fused-ring (bicyclic) bond motifs is 3. The SMILES string of the molecule is CC12COC(CCCOCCOCCOCCN(CCC#N)CCOCCOCCOCCNC(=O)OC(C)(C)C)(OC1)OC2. The molecule has 3 aliphatic heterocycles. The van der Waals surface area contributed by atoms with Crippen LogP contribution in [0.15, 0.2) is 0 Å². The molecule has 262 valence electrons. The van der Waals surface area contributed by atoms with E-state index in [2.05, 4.69) is 23.2 Å². The molecular formula is C31H57N3O11. The van der Waals surface area contributed by atoms with Crippen LogP contribution in [0.5, 0.6) is 0 Å². The van der Waals surface area contributed by atoms with Crippen LogP contribution in [0.4, 0.5) is 4.79 Å². The van der Waals surface area contributed by atoms with E-state index in [0.29, 0.717) is 138 Å². The summed E-state index contributed by atoms with van der Waals surface area (Å²) in [4.78, 5) is 13.7. The number of nitriles is 1. The smallest absolute Gasteiger partial charge is 0.407 e. The van der Waals surface area contributed by atoms with Crippen LogP contribution in [0.3, 0.4) is 0 Å². The van der Waals surface area contributed by atoms with Gasteiger partial charge in [0.15, 0.2) is 0 Å². The van der Waals surface area contributed by atoms with Crippen molar-refractivity contribution in [1.29, 1.82) is 5.26 Å². The van der Waals surface area contributed by atoms with Crippen molar-refractivity contribution < 1.29 is 52.2 Å². The number of ether oxygens (including phenoxy) is 10. The fourth-order valence-corrected chi connectivity index (χ4v) is 4.26. The molecule has 3 rings (SSSR count). The van der Waals surface area contributed by atoms with Gasteiger partial charge in [0.2, 0.25) is 0 Å². The number of hydrogen-bond acceptors (Lipinski definition) is 13. The fraction of sp³-hybridized carbons (Fsp3) is 0.935. The lowest BCUT2D eigenvalue weighted by molar-refractivity contribution is -0.467. The van der Waals surface area contributed by atoms with Crippen LogP contribution in [-0.2, 0) is 47.4 Å². The maximum Gasteiger partial charge on any atom is 0.407 e. The van der Waals surface area contributed by atoms with E-state index < -0.39 is 17.7 Å². The van der Waals surface area contributed by atoms with E-state index in [1.165, 1.54) is 0 Å². The molecule has 0 aliphatic carbocycles. The van der Waals surface area contributed by atoms with Gasteiger partial charge in [-0.2, -0.15) is 5.26 Å². The average molecular weight is 648 g/mol. The van der Waals surface area contributed by atoms with Crippen molar-refractivity contribution in [1.82, 2.24) is 10.2 Å². The van der Waals surface area contributed by atoms with Crippen molar-refractivity contribution in [3.63, 3.8) is 0 Å². The molecule has 3 fully saturated rings. The lowest BCUT2D eigenvalue weighted by Crippen LogP contribution is -2.58. The molecule has 0 aromatic carbocycles. The molecule has 1 amide bonds. The third-order valence-corrected chi connectivity index (χ3v) is 6.74. The molecular weight excluding hydrogens is 590 g/mol. The Kier molecular flexibility index (Phi) is 20.0. The van der Waals surface area contributed by atoms with Gasteiger partial charge in [0.25, 0.3) is 5.97 Å². The summed E-state index contributed by atoms with van der Waals surface area (Å²) in [5.41, 5.74) is -0.539. The van der Waals surface area contributed by atoms with Gasteiger partial charge in [-0.15, -0.1) is 0 Å². The summed E-state index contributed by atoms with van der Waals surface area (Å²) in [6.45, 7) is 17.9. The van der Waals surface area contributed by atoms with Crippen LogP contribution in [-0.4, -0.2) is 148 Å². The second-order valence-electron chi connectivity index (χ2n) is 12.3. The number of alkyl carbamates (subject to hydrolysis) is 1. The fourth-order valence-electron chi connectivity index (χ4n) is 4.26. The first-order valence-electron chi connectivity index (χ1n) is 16.1. The van der Waals surface area contributed by atoms with Crippen molar-refractivity contribution in [3.05, 3.63) is 0 Å². The van der Waals surface area contributed by atoms with Crippen LogP contribution < -0.4 is 5.32 Å². The Hall–Kier alpha value is -1.64. The van der Waals surface area contributed by atoms with Gasteiger partial charge < -0.3 is 52.7 Å². The molecule has 0 saturated carbocycles. The number of rotatable bonds is 27. The van der Waals surface area contributed by atoms with Gasteiger partial charge in [0.1, 0.15) is 5.60 Å². The lowest BCUT2D eigenvalue weighted by atomic mass is 9.91. The Morgan fingerprint density at radius 3 is 1.71 bits per heavy atom. The van der Waals surface area contributed by atoms with E-state index in [-0.39, 0.29) is 5.41 Å². The number of nitrogens with one attached hydrogen (secondary N) is 1. The summed E-state index contributed by atoms with van der Waals surface area (Å²) in [6.07, 6.45) is 1.43. The van der Waals surface area contributed by atoms with Gasteiger partial charge in [-0.05, 0) is 27.2 Å². The highest BCUT2D eigenvalue weighted by molar-refractivity contribution is 5.67. The van der Waals surface area contributed by atoms with Gasteiger partial charge in [0.05, 0.1) is 98.6 Å². The average Bonchev–Trinajstić information content (AvgIpc) is 3.00. The zero-order valence-corrected chi connectivity index (χ0v) is 27.9. The standard InChI is InChI=1S/C31H57N3O11/c1-29(2,3)45-28(35)33-9-14-37-18-22-41-24-20-39-16-12-34(10-6-8-32)11-15-38-19-23-40-21-17-36-13-5-7-31-42-25-30(4,26-43-31)27-44-31/h5-7,9-27H2,1-4H3,(H,33,35). The molecule has 1 N–H and O–H groups in total. The van der Waals surface area contributed by atoms with Crippen molar-refractivity contribution in [2.45, 2.75) is 58.5 Å².